The Morgan fingerprint density at radius 1 is 1.13 bits per heavy atom. The highest BCUT2D eigenvalue weighted by molar-refractivity contribution is 6.04. The minimum Gasteiger partial charge on any atom is -0.424 e. The quantitative estimate of drug-likeness (QED) is 0.322. The number of aromatic nitrogens is 3. The van der Waals surface area contributed by atoms with Crippen molar-refractivity contribution in [2.24, 2.45) is 11.3 Å². The summed E-state index contributed by atoms with van der Waals surface area (Å²) in [5.41, 5.74) is -2.54. The average molecular weight is 536 g/mol. The Morgan fingerprint density at radius 3 is 2.47 bits per heavy atom. The highest BCUT2D eigenvalue weighted by atomic mass is 19.4. The number of nitrogens with zero attached hydrogens (tertiary/aromatic N) is 4. The van der Waals surface area contributed by atoms with Crippen LogP contribution in [0.2, 0.25) is 0 Å². The molecule has 1 unspecified atom stereocenters. The van der Waals surface area contributed by atoms with Crippen LogP contribution >= 0.6 is 0 Å². The lowest BCUT2D eigenvalue weighted by Crippen LogP contribution is -2.65. The largest absolute Gasteiger partial charge is 0.424 e. The van der Waals surface area contributed by atoms with Gasteiger partial charge in [-0.1, -0.05) is 12.5 Å². The molecule has 0 aliphatic heterocycles. The second-order valence-corrected chi connectivity index (χ2v) is 9.36. The van der Waals surface area contributed by atoms with Crippen molar-refractivity contribution < 1.29 is 40.7 Å². The first kappa shape index (κ1) is 25.5. The molecule has 2 N–H and O–H groups in total. The fraction of sp³-hybridized carbons (Fsp3) is 0.375. The zero-order valence-electron chi connectivity index (χ0n) is 19.6. The number of pyridine rings is 1. The third-order valence-electron chi connectivity index (χ3n) is 6.96. The highest BCUT2D eigenvalue weighted by Gasteiger charge is 2.72. The van der Waals surface area contributed by atoms with E-state index in [-0.39, 0.29) is 36.6 Å². The normalized spacial score (nSPS) is 19.2. The lowest BCUT2D eigenvalue weighted by molar-refractivity contribution is -0.755. The van der Waals surface area contributed by atoms with Gasteiger partial charge in [-0.2, -0.15) is 13.2 Å². The molecule has 38 heavy (non-hydrogen) atoms. The molecule has 3 amide bonds. The summed E-state index contributed by atoms with van der Waals surface area (Å²) in [6.07, 6.45) is -1.63. The molecule has 14 heteroatoms. The number of halogens is 5. The Hall–Kier alpha value is -4.10. The van der Waals surface area contributed by atoms with E-state index in [1.54, 1.807) is 24.4 Å². The number of urea groups is 1. The summed E-state index contributed by atoms with van der Waals surface area (Å²) in [5.74, 6) is -4.97. The van der Waals surface area contributed by atoms with E-state index in [0.717, 1.165) is 6.07 Å². The average Bonchev–Trinajstić information content (AvgIpc) is 3.22. The van der Waals surface area contributed by atoms with Crippen LogP contribution in [0.5, 0.6) is 0 Å². The van der Waals surface area contributed by atoms with Crippen molar-refractivity contribution in [1.82, 2.24) is 10.3 Å². The number of carbonyl (C=O) groups excluding carboxylic acids is 2. The van der Waals surface area contributed by atoms with Gasteiger partial charge in [0.25, 0.3) is 5.92 Å². The molecule has 1 atom stereocenters. The van der Waals surface area contributed by atoms with Gasteiger partial charge in [-0.05, 0) is 53.5 Å². The van der Waals surface area contributed by atoms with Crippen LogP contribution in [0, 0.1) is 11.3 Å². The molecule has 2 aliphatic rings. The Kier molecular flexibility index (Phi) is 6.27. The smallest absolute Gasteiger partial charge is 0.416 e. The first-order valence-corrected chi connectivity index (χ1v) is 11.7. The number of rotatable bonds is 6. The van der Waals surface area contributed by atoms with Gasteiger partial charge in [0.1, 0.15) is 5.69 Å². The van der Waals surface area contributed by atoms with Crippen LogP contribution in [-0.4, -0.2) is 28.1 Å². The van der Waals surface area contributed by atoms with Crippen molar-refractivity contribution in [3.05, 3.63) is 65.4 Å². The summed E-state index contributed by atoms with van der Waals surface area (Å²) < 4.78 is 75.0. The third kappa shape index (κ3) is 4.89. The molecule has 3 aromatic rings. The molecule has 0 saturated heterocycles. The van der Waals surface area contributed by atoms with E-state index in [9.17, 15) is 31.5 Å². The van der Waals surface area contributed by atoms with Crippen LogP contribution in [0.15, 0.2) is 53.3 Å². The molecule has 9 nitrogen and oxygen atoms in total. The van der Waals surface area contributed by atoms with Gasteiger partial charge in [-0.25, -0.2) is 8.78 Å². The summed E-state index contributed by atoms with van der Waals surface area (Å²) in [7, 11) is 0. The molecule has 0 bridgehead atoms. The highest BCUT2D eigenvalue weighted by Crippen LogP contribution is 2.68. The van der Waals surface area contributed by atoms with Crippen LogP contribution < -0.4 is 15.3 Å². The second kappa shape index (κ2) is 9.33. The predicted octanol–water partition coefficient (Wildman–Crippen LogP) is 5.43. The van der Waals surface area contributed by atoms with E-state index < -0.39 is 47.4 Å². The molecular weight excluding hydrogens is 515 g/mol. The molecule has 1 aromatic carbocycles. The van der Waals surface area contributed by atoms with Crippen LogP contribution in [0.4, 0.5) is 44.0 Å². The van der Waals surface area contributed by atoms with Gasteiger partial charge in [0.15, 0.2) is 11.3 Å². The van der Waals surface area contributed by atoms with Crippen LogP contribution in [0.1, 0.15) is 36.9 Å². The molecule has 5 rings (SSSR count). The fourth-order valence-electron chi connectivity index (χ4n) is 4.86. The first-order valence-electron chi connectivity index (χ1n) is 11.7. The first-order chi connectivity index (χ1) is 17.9. The Morgan fingerprint density at radius 2 is 1.87 bits per heavy atom. The molecule has 0 radical (unpaired) electrons. The molecule has 2 saturated carbocycles. The second-order valence-electron chi connectivity index (χ2n) is 9.36. The zero-order valence-corrected chi connectivity index (χ0v) is 19.6. The topological polar surface area (TPSA) is 115 Å². The van der Waals surface area contributed by atoms with E-state index in [1.807, 2.05) is 0 Å². The van der Waals surface area contributed by atoms with Crippen molar-refractivity contribution >= 4 is 29.2 Å². The molecular formula is C24H21F5N6O3. The minimum atomic E-state index is -4.81. The molecule has 2 aliphatic carbocycles. The summed E-state index contributed by atoms with van der Waals surface area (Å²) in [6.45, 7) is 0.229. The van der Waals surface area contributed by atoms with Crippen LogP contribution in [0.3, 0.4) is 0 Å². The van der Waals surface area contributed by atoms with Gasteiger partial charge >= 0.3 is 6.18 Å². The van der Waals surface area contributed by atoms with Crippen LogP contribution in [0.25, 0.3) is 5.32 Å². The number of nitrogens with one attached hydrogen (secondary N) is 2. The lowest BCUT2D eigenvalue weighted by atomic mass is 9.47. The zero-order chi connectivity index (χ0) is 27.1. The van der Waals surface area contributed by atoms with Crippen molar-refractivity contribution in [3.8, 4) is 0 Å². The maximum absolute atomic E-state index is 14.1. The Labute approximate surface area is 212 Å². The van der Waals surface area contributed by atoms with E-state index in [0.29, 0.717) is 24.2 Å². The van der Waals surface area contributed by atoms with Gasteiger partial charge in [0.05, 0.1) is 11.5 Å². The van der Waals surface area contributed by atoms with E-state index >= 15 is 0 Å². The molecule has 1 spiro atoms. The number of hydrogen-bond acceptors (Lipinski definition) is 5. The Bertz CT molecular complexity index is 1360. The van der Waals surface area contributed by atoms with Gasteiger partial charge in [-0.15, -0.1) is 0 Å². The van der Waals surface area contributed by atoms with Crippen molar-refractivity contribution in [3.63, 3.8) is 0 Å². The van der Waals surface area contributed by atoms with E-state index in [4.69, 9.17) is 4.52 Å². The summed E-state index contributed by atoms with van der Waals surface area (Å²) in [5, 5.41) is 11.9. The molecule has 2 fully saturated rings. The number of alkyl halides is 5. The SMILES string of the molecule is O=C([N-]c1c[n+](Cc2ccccn2)no1)Nc1cc(NC(=O)C2CC(F)(F)C23CCC3)cc(C(F)(F)F)c1. The van der Waals surface area contributed by atoms with Crippen LogP contribution in [-0.2, 0) is 17.5 Å². The van der Waals surface area contributed by atoms with E-state index in [1.165, 1.54) is 10.9 Å². The third-order valence-corrected chi connectivity index (χ3v) is 6.96. The van der Waals surface area contributed by atoms with Crippen molar-refractivity contribution in [2.75, 3.05) is 10.6 Å². The number of anilines is 2. The number of benzene rings is 1. The summed E-state index contributed by atoms with van der Waals surface area (Å²) >= 11 is 0. The summed E-state index contributed by atoms with van der Waals surface area (Å²) in [6, 6.07) is 6.63. The predicted molar refractivity (Wildman–Crippen MR) is 121 cm³/mol. The maximum atomic E-state index is 14.1. The maximum Gasteiger partial charge on any atom is 0.416 e. The Balaban J connectivity index is 1.27. The van der Waals surface area contributed by atoms with Gasteiger partial charge in [0.2, 0.25) is 24.5 Å². The molecule has 2 aromatic heterocycles. The number of hydrogen-bond donors (Lipinski definition) is 2. The molecule has 200 valence electrons. The van der Waals surface area contributed by atoms with E-state index in [2.05, 4.69) is 26.2 Å². The number of amides is 3. The van der Waals surface area contributed by atoms with Gasteiger partial charge in [0, 0.05) is 23.7 Å². The summed E-state index contributed by atoms with van der Waals surface area (Å²) in [4.78, 5) is 29.2. The standard InChI is InChI=1S/C24H21F5N6O3/c25-23(26)11-18(22(23)5-3-6-22)20(36)31-16-8-14(24(27,28)29)9-17(10-16)32-21(37)33-19-13-35(34-38-19)12-15-4-1-2-7-30-15/h1-2,4,7-10,13,18H,3,5-6,11-12H2,(H2-,31,32,33,34,36,37). The lowest BCUT2D eigenvalue weighted by Gasteiger charge is -2.59. The number of carbonyl (C=O) groups is 2. The van der Waals surface area contributed by atoms with Gasteiger partial charge in [-0.3, -0.25) is 14.6 Å². The van der Waals surface area contributed by atoms with Crippen molar-refractivity contribution in [2.45, 2.75) is 44.3 Å². The van der Waals surface area contributed by atoms with Crippen molar-refractivity contribution in [1.29, 1.82) is 0 Å². The fourth-order valence-corrected chi connectivity index (χ4v) is 4.86. The molecule has 2 heterocycles. The monoisotopic (exact) mass is 536 g/mol. The minimum absolute atomic E-state index is 0.187. The van der Waals surface area contributed by atoms with Gasteiger partial charge < -0.3 is 20.5 Å².